The lowest BCUT2D eigenvalue weighted by molar-refractivity contribution is 0.361. The number of ether oxygens (including phenoxy) is 1. The van der Waals surface area contributed by atoms with Crippen LogP contribution in [0.15, 0.2) is 18.2 Å². The minimum Gasteiger partial charge on any atom is -0.364 e. The predicted molar refractivity (Wildman–Crippen MR) is 42.8 cm³/mol. The summed E-state index contributed by atoms with van der Waals surface area (Å²) in [5, 5.41) is 0.838. The molecule has 0 aromatic heterocycles. The Morgan fingerprint density at radius 2 is 2.36 bits per heavy atom. The van der Waals surface area contributed by atoms with Crippen molar-refractivity contribution in [1.82, 2.24) is 0 Å². The molecule has 11 heavy (non-hydrogen) atoms. The standard InChI is InChI=1S/C9H7ClO/c10-6-1-2-7-5(3-6)4-8-9(7)11-8/h1-3,8-9H,4H2. The lowest BCUT2D eigenvalue weighted by atomic mass is 10.1. The van der Waals surface area contributed by atoms with E-state index in [1.807, 2.05) is 12.1 Å². The summed E-state index contributed by atoms with van der Waals surface area (Å²) in [6.07, 6.45) is 1.94. The number of benzene rings is 1. The highest BCUT2D eigenvalue weighted by molar-refractivity contribution is 6.30. The number of rotatable bonds is 0. The predicted octanol–water partition coefficient (Wildman–Crippen LogP) is 2.34. The van der Waals surface area contributed by atoms with Gasteiger partial charge in [0.1, 0.15) is 6.10 Å². The first kappa shape index (κ1) is 6.04. The highest BCUT2D eigenvalue weighted by Crippen LogP contribution is 2.48. The van der Waals surface area contributed by atoms with E-state index in [0.717, 1.165) is 11.4 Å². The maximum atomic E-state index is 5.85. The molecule has 0 amide bonds. The van der Waals surface area contributed by atoms with Crippen molar-refractivity contribution < 1.29 is 4.74 Å². The van der Waals surface area contributed by atoms with Gasteiger partial charge in [0, 0.05) is 11.4 Å². The van der Waals surface area contributed by atoms with E-state index >= 15 is 0 Å². The molecular weight excluding hydrogens is 160 g/mol. The molecule has 1 fully saturated rings. The molecule has 0 radical (unpaired) electrons. The van der Waals surface area contributed by atoms with E-state index < -0.39 is 0 Å². The summed E-state index contributed by atoms with van der Waals surface area (Å²) in [6.45, 7) is 0. The van der Waals surface area contributed by atoms with Gasteiger partial charge < -0.3 is 4.74 Å². The average Bonchev–Trinajstić information content (AvgIpc) is 2.63. The third kappa shape index (κ3) is 0.754. The molecule has 2 atom stereocenters. The Labute approximate surface area is 69.9 Å². The van der Waals surface area contributed by atoms with Gasteiger partial charge in [-0.1, -0.05) is 17.7 Å². The molecule has 1 aromatic carbocycles. The van der Waals surface area contributed by atoms with Crippen LogP contribution >= 0.6 is 11.6 Å². The van der Waals surface area contributed by atoms with E-state index in [1.165, 1.54) is 11.1 Å². The molecule has 0 N–H and O–H groups in total. The molecule has 1 aliphatic heterocycles. The van der Waals surface area contributed by atoms with E-state index in [4.69, 9.17) is 16.3 Å². The third-order valence-electron chi connectivity index (χ3n) is 2.42. The molecule has 1 aliphatic carbocycles. The van der Waals surface area contributed by atoms with E-state index in [2.05, 4.69) is 6.07 Å². The van der Waals surface area contributed by atoms with Crippen LogP contribution < -0.4 is 0 Å². The Hall–Kier alpha value is -0.530. The first-order chi connectivity index (χ1) is 5.34. The fourth-order valence-electron chi connectivity index (χ4n) is 1.82. The summed E-state index contributed by atoms with van der Waals surface area (Å²) in [4.78, 5) is 0. The summed E-state index contributed by atoms with van der Waals surface area (Å²) in [5.41, 5.74) is 2.72. The molecule has 0 saturated carbocycles. The van der Waals surface area contributed by atoms with Gasteiger partial charge in [-0.2, -0.15) is 0 Å². The van der Waals surface area contributed by atoms with E-state index in [9.17, 15) is 0 Å². The van der Waals surface area contributed by atoms with Crippen molar-refractivity contribution in [2.24, 2.45) is 0 Å². The van der Waals surface area contributed by atoms with Gasteiger partial charge in [0.25, 0.3) is 0 Å². The van der Waals surface area contributed by atoms with Crippen LogP contribution in [0.3, 0.4) is 0 Å². The molecule has 1 aromatic rings. The van der Waals surface area contributed by atoms with Crippen LogP contribution in [0.5, 0.6) is 0 Å². The van der Waals surface area contributed by atoms with Crippen molar-refractivity contribution in [3.63, 3.8) is 0 Å². The van der Waals surface area contributed by atoms with Crippen molar-refractivity contribution in [1.29, 1.82) is 0 Å². The normalized spacial score (nSPS) is 31.4. The Morgan fingerprint density at radius 3 is 3.27 bits per heavy atom. The van der Waals surface area contributed by atoms with Crippen LogP contribution in [0.2, 0.25) is 5.02 Å². The van der Waals surface area contributed by atoms with Crippen LogP contribution in [0.1, 0.15) is 17.2 Å². The van der Waals surface area contributed by atoms with Crippen molar-refractivity contribution >= 4 is 11.6 Å². The summed E-state index contributed by atoms with van der Waals surface area (Å²) in [7, 11) is 0. The van der Waals surface area contributed by atoms with Crippen LogP contribution in [0.25, 0.3) is 0 Å². The van der Waals surface area contributed by atoms with E-state index in [0.29, 0.717) is 12.2 Å². The van der Waals surface area contributed by atoms with Gasteiger partial charge in [-0.15, -0.1) is 0 Å². The quantitative estimate of drug-likeness (QED) is 0.539. The van der Waals surface area contributed by atoms with Crippen LogP contribution in [-0.2, 0) is 11.2 Å². The zero-order chi connectivity index (χ0) is 7.42. The van der Waals surface area contributed by atoms with Crippen molar-refractivity contribution in [3.05, 3.63) is 34.3 Å². The fraction of sp³-hybridized carbons (Fsp3) is 0.333. The third-order valence-corrected chi connectivity index (χ3v) is 2.65. The highest BCUT2D eigenvalue weighted by atomic mass is 35.5. The zero-order valence-electron chi connectivity index (χ0n) is 5.88. The zero-order valence-corrected chi connectivity index (χ0v) is 6.64. The Kier molecular flexibility index (Phi) is 0.984. The topological polar surface area (TPSA) is 12.5 Å². The fourth-order valence-corrected chi connectivity index (χ4v) is 2.01. The second-order valence-corrected chi connectivity index (χ2v) is 3.58. The second-order valence-electron chi connectivity index (χ2n) is 3.14. The van der Waals surface area contributed by atoms with Gasteiger partial charge in [0.2, 0.25) is 0 Å². The van der Waals surface area contributed by atoms with Gasteiger partial charge in [0.15, 0.2) is 0 Å². The smallest absolute Gasteiger partial charge is 0.110 e. The van der Waals surface area contributed by atoms with E-state index in [1.54, 1.807) is 0 Å². The number of halogens is 1. The molecule has 1 saturated heterocycles. The molecule has 0 spiro atoms. The molecule has 2 heteroatoms. The van der Waals surface area contributed by atoms with Crippen molar-refractivity contribution in [2.45, 2.75) is 18.6 Å². The number of fused-ring (bicyclic) bond motifs is 3. The number of hydrogen-bond acceptors (Lipinski definition) is 1. The Balaban J connectivity index is 2.18. The highest BCUT2D eigenvalue weighted by Gasteiger charge is 2.46. The number of epoxide rings is 1. The molecule has 1 nitrogen and oxygen atoms in total. The lowest BCUT2D eigenvalue weighted by Gasteiger charge is -2.00. The average molecular weight is 167 g/mol. The first-order valence-electron chi connectivity index (χ1n) is 3.78. The van der Waals surface area contributed by atoms with Crippen LogP contribution in [-0.4, -0.2) is 6.10 Å². The minimum atomic E-state index is 0.405. The first-order valence-corrected chi connectivity index (χ1v) is 4.16. The molecule has 2 unspecified atom stereocenters. The summed E-state index contributed by atoms with van der Waals surface area (Å²) < 4.78 is 5.38. The summed E-state index contributed by atoms with van der Waals surface area (Å²) >= 11 is 5.85. The maximum Gasteiger partial charge on any atom is 0.110 e. The second kappa shape index (κ2) is 1.79. The van der Waals surface area contributed by atoms with Gasteiger partial charge in [-0.3, -0.25) is 0 Å². The molecular formula is C9H7ClO. The van der Waals surface area contributed by atoms with Crippen molar-refractivity contribution in [3.8, 4) is 0 Å². The van der Waals surface area contributed by atoms with E-state index in [-0.39, 0.29) is 0 Å². The Morgan fingerprint density at radius 1 is 1.45 bits per heavy atom. The molecule has 0 bridgehead atoms. The van der Waals surface area contributed by atoms with Gasteiger partial charge in [0.05, 0.1) is 6.10 Å². The molecule has 1 heterocycles. The maximum absolute atomic E-state index is 5.85. The van der Waals surface area contributed by atoms with Gasteiger partial charge in [-0.05, 0) is 23.3 Å². The van der Waals surface area contributed by atoms with Crippen LogP contribution in [0, 0.1) is 0 Å². The molecule has 56 valence electrons. The minimum absolute atomic E-state index is 0.405. The summed E-state index contributed by atoms with van der Waals surface area (Å²) in [6, 6.07) is 6.06. The number of hydrogen-bond donors (Lipinski definition) is 0. The SMILES string of the molecule is Clc1ccc2c(c1)CC1OC21. The van der Waals surface area contributed by atoms with Crippen LogP contribution in [0.4, 0.5) is 0 Å². The largest absolute Gasteiger partial charge is 0.364 e. The molecule has 2 aliphatic rings. The molecule has 3 rings (SSSR count). The van der Waals surface area contributed by atoms with Gasteiger partial charge >= 0.3 is 0 Å². The summed E-state index contributed by atoms with van der Waals surface area (Å²) in [5.74, 6) is 0. The van der Waals surface area contributed by atoms with Gasteiger partial charge in [-0.25, -0.2) is 0 Å². The monoisotopic (exact) mass is 166 g/mol. The Bertz CT molecular complexity index is 321. The lowest BCUT2D eigenvalue weighted by Crippen LogP contribution is -1.87. The van der Waals surface area contributed by atoms with Crippen molar-refractivity contribution in [2.75, 3.05) is 0 Å².